The molecular weight excluding hydrogens is 290 g/mol. The number of ether oxygens (including phenoxy) is 1. The predicted octanol–water partition coefficient (Wildman–Crippen LogP) is 2.94. The maximum absolute atomic E-state index is 12.5. The van der Waals surface area contributed by atoms with E-state index in [4.69, 9.17) is 4.74 Å². The number of aromatic amines is 2. The van der Waals surface area contributed by atoms with Crippen LogP contribution in [0.3, 0.4) is 0 Å². The molecule has 2 N–H and O–H groups in total. The van der Waals surface area contributed by atoms with Crippen molar-refractivity contribution in [1.82, 2.24) is 14.9 Å². The van der Waals surface area contributed by atoms with E-state index in [-0.39, 0.29) is 5.91 Å². The van der Waals surface area contributed by atoms with Crippen LogP contribution in [0.4, 0.5) is 0 Å². The van der Waals surface area contributed by atoms with Crippen molar-refractivity contribution in [3.63, 3.8) is 0 Å². The Balaban J connectivity index is 1.67. The lowest BCUT2D eigenvalue weighted by Gasteiger charge is -2.26. The molecule has 1 saturated heterocycles. The average Bonchev–Trinajstić information content (AvgIpc) is 3.22. The van der Waals surface area contributed by atoms with E-state index in [1.165, 1.54) is 10.9 Å². The molecule has 1 aliphatic rings. The summed E-state index contributed by atoms with van der Waals surface area (Å²) < 4.78 is 5.30. The van der Waals surface area contributed by atoms with Crippen LogP contribution in [0.1, 0.15) is 16.1 Å². The number of fused-ring (bicyclic) bond motifs is 1. The standard InChI is InChI=1S/C18H19N3O2/c1-12-3-2-4-14-15(11-20-17(12)14)13-9-16(19-10-13)18(22)21-5-7-23-8-6-21/h2-4,9-11,19-20H,5-8H2,1H3. The van der Waals surface area contributed by atoms with Gasteiger partial charge < -0.3 is 19.6 Å². The Bertz CT molecular complexity index is 856. The zero-order valence-corrected chi connectivity index (χ0v) is 13.1. The highest BCUT2D eigenvalue weighted by Crippen LogP contribution is 2.30. The van der Waals surface area contributed by atoms with Crippen molar-refractivity contribution in [1.29, 1.82) is 0 Å². The van der Waals surface area contributed by atoms with Crippen molar-refractivity contribution in [2.45, 2.75) is 6.92 Å². The number of hydrogen-bond acceptors (Lipinski definition) is 2. The smallest absolute Gasteiger partial charge is 0.270 e. The van der Waals surface area contributed by atoms with Gasteiger partial charge in [-0.2, -0.15) is 0 Å². The molecule has 2 aromatic heterocycles. The monoisotopic (exact) mass is 309 g/mol. The van der Waals surface area contributed by atoms with Gasteiger partial charge in [0.15, 0.2) is 0 Å². The minimum absolute atomic E-state index is 0.0376. The summed E-state index contributed by atoms with van der Waals surface area (Å²) in [7, 11) is 0. The number of benzene rings is 1. The first-order chi connectivity index (χ1) is 11.2. The number of hydrogen-bond donors (Lipinski definition) is 2. The van der Waals surface area contributed by atoms with Crippen LogP contribution in [-0.2, 0) is 4.74 Å². The van der Waals surface area contributed by atoms with Gasteiger partial charge in [-0.1, -0.05) is 18.2 Å². The van der Waals surface area contributed by atoms with Crippen LogP contribution in [0, 0.1) is 6.92 Å². The first kappa shape index (κ1) is 14.1. The number of nitrogens with zero attached hydrogens (tertiary/aromatic N) is 1. The fourth-order valence-corrected chi connectivity index (χ4v) is 3.15. The molecule has 5 nitrogen and oxygen atoms in total. The second-order valence-electron chi connectivity index (χ2n) is 5.91. The summed E-state index contributed by atoms with van der Waals surface area (Å²) in [4.78, 5) is 20.8. The third-order valence-corrected chi connectivity index (χ3v) is 4.45. The van der Waals surface area contributed by atoms with Crippen molar-refractivity contribution in [2.75, 3.05) is 26.3 Å². The van der Waals surface area contributed by atoms with E-state index >= 15 is 0 Å². The van der Waals surface area contributed by atoms with Gasteiger partial charge in [0.05, 0.1) is 13.2 Å². The first-order valence-corrected chi connectivity index (χ1v) is 7.86. The number of nitrogens with one attached hydrogen (secondary N) is 2. The van der Waals surface area contributed by atoms with Crippen molar-refractivity contribution in [3.05, 3.63) is 47.9 Å². The van der Waals surface area contributed by atoms with Crippen LogP contribution in [-0.4, -0.2) is 47.1 Å². The Kier molecular flexibility index (Phi) is 3.42. The lowest BCUT2D eigenvalue weighted by atomic mass is 10.1. The second-order valence-corrected chi connectivity index (χ2v) is 5.91. The molecule has 3 aromatic rings. The maximum atomic E-state index is 12.5. The molecule has 0 atom stereocenters. The maximum Gasteiger partial charge on any atom is 0.270 e. The molecule has 118 valence electrons. The van der Waals surface area contributed by atoms with Gasteiger partial charge in [-0.25, -0.2) is 0 Å². The molecule has 23 heavy (non-hydrogen) atoms. The summed E-state index contributed by atoms with van der Waals surface area (Å²) in [5.74, 6) is 0.0376. The lowest BCUT2D eigenvalue weighted by molar-refractivity contribution is 0.0299. The van der Waals surface area contributed by atoms with Crippen LogP contribution in [0.25, 0.3) is 22.0 Å². The molecule has 0 unspecified atom stereocenters. The Morgan fingerprint density at radius 3 is 2.83 bits per heavy atom. The van der Waals surface area contributed by atoms with Gasteiger partial charge in [-0.15, -0.1) is 0 Å². The number of para-hydroxylation sites is 1. The number of H-pyrrole nitrogens is 2. The van der Waals surface area contributed by atoms with E-state index < -0.39 is 0 Å². The van der Waals surface area contributed by atoms with Gasteiger partial charge in [-0.05, 0) is 18.6 Å². The third-order valence-electron chi connectivity index (χ3n) is 4.45. The summed E-state index contributed by atoms with van der Waals surface area (Å²) in [6.45, 7) is 4.62. The highest BCUT2D eigenvalue weighted by Gasteiger charge is 2.20. The molecule has 0 radical (unpaired) electrons. The number of aromatic nitrogens is 2. The van der Waals surface area contributed by atoms with Gasteiger partial charge in [-0.3, -0.25) is 4.79 Å². The van der Waals surface area contributed by atoms with Gasteiger partial charge in [0.25, 0.3) is 5.91 Å². The average molecular weight is 309 g/mol. The van der Waals surface area contributed by atoms with Crippen molar-refractivity contribution in [3.8, 4) is 11.1 Å². The Morgan fingerprint density at radius 2 is 2.00 bits per heavy atom. The minimum atomic E-state index is 0.0376. The molecule has 0 spiro atoms. The number of aryl methyl sites for hydroxylation is 1. The Morgan fingerprint density at radius 1 is 1.17 bits per heavy atom. The lowest BCUT2D eigenvalue weighted by Crippen LogP contribution is -2.40. The van der Waals surface area contributed by atoms with E-state index in [1.807, 2.05) is 23.4 Å². The largest absolute Gasteiger partial charge is 0.378 e. The summed E-state index contributed by atoms with van der Waals surface area (Å²) >= 11 is 0. The first-order valence-electron chi connectivity index (χ1n) is 7.86. The molecule has 1 amide bonds. The fourth-order valence-electron chi connectivity index (χ4n) is 3.15. The predicted molar refractivity (Wildman–Crippen MR) is 89.5 cm³/mol. The van der Waals surface area contributed by atoms with Crippen LogP contribution in [0.5, 0.6) is 0 Å². The highest BCUT2D eigenvalue weighted by molar-refractivity contribution is 5.99. The number of carbonyl (C=O) groups is 1. The van der Waals surface area contributed by atoms with Crippen LogP contribution >= 0.6 is 0 Å². The highest BCUT2D eigenvalue weighted by atomic mass is 16.5. The third kappa shape index (κ3) is 2.43. The summed E-state index contributed by atoms with van der Waals surface area (Å²) in [6.07, 6.45) is 3.91. The molecule has 0 saturated carbocycles. The van der Waals surface area contributed by atoms with Crippen molar-refractivity contribution >= 4 is 16.8 Å². The molecule has 0 bridgehead atoms. The quantitative estimate of drug-likeness (QED) is 0.764. The summed E-state index contributed by atoms with van der Waals surface area (Å²) in [6, 6.07) is 8.18. The van der Waals surface area contributed by atoms with Crippen molar-refractivity contribution < 1.29 is 9.53 Å². The summed E-state index contributed by atoms with van der Waals surface area (Å²) in [5.41, 5.74) is 5.13. The van der Waals surface area contributed by atoms with E-state index in [9.17, 15) is 4.79 Å². The topological polar surface area (TPSA) is 61.1 Å². The van der Waals surface area contributed by atoms with Gasteiger partial charge >= 0.3 is 0 Å². The Hall–Kier alpha value is -2.53. The molecule has 0 aliphatic carbocycles. The van der Waals surface area contributed by atoms with E-state index in [1.54, 1.807) is 0 Å². The number of rotatable bonds is 2. The van der Waals surface area contributed by atoms with Gasteiger partial charge in [0, 0.05) is 47.5 Å². The number of carbonyl (C=O) groups excluding carboxylic acids is 1. The zero-order chi connectivity index (χ0) is 15.8. The molecule has 3 heterocycles. The van der Waals surface area contributed by atoms with E-state index in [0.717, 1.165) is 16.6 Å². The van der Waals surface area contributed by atoms with Crippen LogP contribution < -0.4 is 0 Å². The van der Waals surface area contributed by atoms with Crippen LogP contribution in [0.2, 0.25) is 0 Å². The molecule has 1 fully saturated rings. The number of morpholine rings is 1. The van der Waals surface area contributed by atoms with E-state index in [0.29, 0.717) is 32.0 Å². The molecular formula is C18H19N3O2. The minimum Gasteiger partial charge on any atom is -0.378 e. The van der Waals surface area contributed by atoms with Crippen molar-refractivity contribution in [2.24, 2.45) is 0 Å². The normalized spacial score (nSPS) is 15.3. The Labute approximate surface area is 134 Å². The number of amides is 1. The molecule has 1 aliphatic heterocycles. The molecule has 4 rings (SSSR count). The van der Waals surface area contributed by atoms with E-state index in [2.05, 4.69) is 35.1 Å². The zero-order valence-electron chi connectivity index (χ0n) is 13.1. The molecule has 5 heteroatoms. The second kappa shape index (κ2) is 5.59. The summed E-state index contributed by atoms with van der Waals surface area (Å²) in [5, 5.41) is 1.18. The van der Waals surface area contributed by atoms with Crippen LogP contribution in [0.15, 0.2) is 36.7 Å². The SMILES string of the molecule is Cc1cccc2c(-c3c[nH]c(C(=O)N4CCOCC4)c3)c[nH]c12. The fraction of sp³-hybridized carbons (Fsp3) is 0.278. The van der Waals surface area contributed by atoms with Gasteiger partial charge in [0.1, 0.15) is 5.69 Å². The van der Waals surface area contributed by atoms with Gasteiger partial charge in [0.2, 0.25) is 0 Å². The molecule has 1 aromatic carbocycles.